The maximum atomic E-state index is 11.2. The Morgan fingerprint density at radius 1 is 1.36 bits per heavy atom. The van der Waals surface area contributed by atoms with Crippen molar-refractivity contribution in [3.63, 3.8) is 0 Å². The van der Waals surface area contributed by atoms with Gasteiger partial charge in [-0.25, -0.2) is 9.59 Å². The van der Waals surface area contributed by atoms with Crippen molar-refractivity contribution in [1.82, 2.24) is 0 Å². The molecule has 0 amide bonds. The quantitative estimate of drug-likeness (QED) is 0.299. The van der Waals surface area contributed by atoms with Crippen molar-refractivity contribution in [1.29, 1.82) is 0 Å². The molecule has 76 valence electrons. The molecule has 3 nitrogen and oxygen atoms in total. The van der Waals surface area contributed by atoms with Gasteiger partial charge in [-0.05, 0) is 26.3 Å². The van der Waals surface area contributed by atoms with Crippen molar-refractivity contribution in [3.05, 3.63) is 29.5 Å². The summed E-state index contributed by atoms with van der Waals surface area (Å²) >= 11 is 0. The maximum absolute atomic E-state index is 11.2. The van der Waals surface area contributed by atoms with Crippen LogP contribution in [-0.2, 0) is 14.3 Å². The average Bonchev–Trinajstić information content (AvgIpc) is 2.13. The fourth-order valence-corrected chi connectivity index (χ4v) is 0.562. The van der Waals surface area contributed by atoms with Crippen molar-refractivity contribution in [2.24, 2.45) is 0 Å². The Bertz CT molecular complexity index is 317. The lowest BCUT2D eigenvalue weighted by Gasteiger charge is -1.99. The van der Waals surface area contributed by atoms with Gasteiger partial charge in [0.15, 0.2) is 0 Å². The van der Waals surface area contributed by atoms with E-state index in [2.05, 4.69) is 17.0 Å². The SMILES string of the molecule is C=C(C)C(=O)OC(=O)C(C)=C=CCC. The normalized spacial score (nSPS) is 8.50. The molecular formula is C11H14O3. The first-order valence-corrected chi connectivity index (χ1v) is 4.32. The second-order valence-corrected chi connectivity index (χ2v) is 2.84. The van der Waals surface area contributed by atoms with E-state index in [1.807, 2.05) is 6.92 Å². The van der Waals surface area contributed by atoms with Crippen LogP contribution in [0.3, 0.4) is 0 Å². The van der Waals surface area contributed by atoms with E-state index >= 15 is 0 Å². The summed E-state index contributed by atoms with van der Waals surface area (Å²) in [6.07, 6.45) is 2.47. The van der Waals surface area contributed by atoms with Crippen LogP contribution in [0.15, 0.2) is 29.5 Å². The largest absolute Gasteiger partial charge is 0.386 e. The Kier molecular flexibility index (Phi) is 5.27. The minimum absolute atomic E-state index is 0.200. The summed E-state index contributed by atoms with van der Waals surface area (Å²) < 4.78 is 4.47. The number of hydrogen-bond donors (Lipinski definition) is 0. The zero-order chi connectivity index (χ0) is 11.1. The van der Waals surface area contributed by atoms with Crippen molar-refractivity contribution in [3.8, 4) is 0 Å². The molecule has 0 saturated carbocycles. The van der Waals surface area contributed by atoms with E-state index in [1.165, 1.54) is 6.92 Å². The van der Waals surface area contributed by atoms with Crippen LogP contribution in [0.1, 0.15) is 27.2 Å². The molecule has 0 saturated heterocycles. The van der Waals surface area contributed by atoms with Crippen LogP contribution in [0.4, 0.5) is 0 Å². The predicted octanol–water partition coefficient (Wildman–Crippen LogP) is 2.14. The Balaban J connectivity index is 4.44. The van der Waals surface area contributed by atoms with Gasteiger partial charge in [-0.1, -0.05) is 13.5 Å². The summed E-state index contributed by atoms with van der Waals surface area (Å²) in [7, 11) is 0. The van der Waals surface area contributed by atoms with E-state index in [0.29, 0.717) is 0 Å². The molecule has 0 atom stereocenters. The van der Waals surface area contributed by atoms with Crippen LogP contribution in [0.25, 0.3) is 0 Å². The third-order valence-corrected chi connectivity index (χ3v) is 1.36. The fourth-order valence-electron chi connectivity index (χ4n) is 0.562. The van der Waals surface area contributed by atoms with Crippen LogP contribution < -0.4 is 0 Å². The van der Waals surface area contributed by atoms with E-state index in [9.17, 15) is 9.59 Å². The number of hydrogen-bond acceptors (Lipinski definition) is 3. The topological polar surface area (TPSA) is 43.4 Å². The van der Waals surface area contributed by atoms with Gasteiger partial charge in [0, 0.05) is 5.57 Å². The van der Waals surface area contributed by atoms with E-state index in [1.54, 1.807) is 13.0 Å². The first-order valence-electron chi connectivity index (χ1n) is 4.32. The lowest BCUT2D eigenvalue weighted by atomic mass is 10.3. The highest BCUT2D eigenvalue weighted by atomic mass is 16.6. The molecule has 0 aromatic rings. The van der Waals surface area contributed by atoms with Crippen LogP contribution in [0.2, 0.25) is 0 Å². The van der Waals surface area contributed by atoms with Crippen LogP contribution in [0.5, 0.6) is 0 Å². The van der Waals surface area contributed by atoms with Crippen LogP contribution in [0, 0.1) is 0 Å². The minimum atomic E-state index is -0.701. The van der Waals surface area contributed by atoms with E-state index < -0.39 is 11.9 Å². The third kappa shape index (κ3) is 4.43. The number of rotatable bonds is 3. The Labute approximate surface area is 83.8 Å². The van der Waals surface area contributed by atoms with Gasteiger partial charge in [-0.3, -0.25) is 0 Å². The maximum Gasteiger partial charge on any atom is 0.349 e. The Hall–Kier alpha value is -1.60. The smallest absolute Gasteiger partial charge is 0.349 e. The van der Waals surface area contributed by atoms with Crippen molar-refractivity contribution < 1.29 is 14.3 Å². The zero-order valence-electron chi connectivity index (χ0n) is 8.72. The second kappa shape index (κ2) is 5.95. The molecule has 0 unspecified atom stereocenters. The molecule has 0 aromatic carbocycles. The minimum Gasteiger partial charge on any atom is -0.386 e. The highest BCUT2D eigenvalue weighted by Crippen LogP contribution is 1.99. The Morgan fingerprint density at radius 3 is 2.36 bits per heavy atom. The number of esters is 2. The van der Waals surface area contributed by atoms with Gasteiger partial charge in [0.1, 0.15) is 0 Å². The van der Waals surface area contributed by atoms with Gasteiger partial charge < -0.3 is 4.74 Å². The van der Waals surface area contributed by atoms with Crippen LogP contribution in [-0.4, -0.2) is 11.9 Å². The summed E-state index contributed by atoms with van der Waals surface area (Å²) in [5, 5.41) is 0. The van der Waals surface area contributed by atoms with Crippen molar-refractivity contribution in [2.75, 3.05) is 0 Å². The first-order chi connectivity index (χ1) is 6.49. The zero-order valence-corrected chi connectivity index (χ0v) is 8.72. The molecule has 0 spiro atoms. The van der Waals surface area contributed by atoms with Crippen molar-refractivity contribution >= 4 is 11.9 Å². The highest BCUT2D eigenvalue weighted by molar-refractivity contribution is 6.00. The molecule has 0 bridgehead atoms. The summed E-state index contributed by atoms with van der Waals surface area (Å²) in [5.41, 5.74) is 3.19. The molecule has 0 aliphatic heterocycles. The summed E-state index contributed by atoms with van der Waals surface area (Å²) in [4.78, 5) is 22.1. The van der Waals surface area contributed by atoms with E-state index in [4.69, 9.17) is 0 Å². The van der Waals surface area contributed by atoms with Gasteiger partial charge in [-0.15, -0.1) is 5.73 Å². The number of carbonyl (C=O) groups excluding carboxylic acids is 2. The molecule has 0 aliphatic rings. The lowest BCUT2D eigenvalue weighted by molar-refractivity contribution is -0.153. The summed E-state index contributed by atoms with van der Waals surface area (Å²) in [6.45, 7) is 8.31. The van der Waals surface area contributed by atoms with E-state index in [-0.39, 0.29) is 11.1 Å². The summed E-state index contributed by atoms with van der Waals surface area (Å²) in [6, 6.07) is 0. The molecule has 0 radical (unpaired) electrons. The standard InChI is InChI=1S/C11H14O3/c1-5-6-7-9(4)11(13)14-10(12)8(2)3/h6H,2,5H2,1,3-4H3. The van der Waals surface area contributed by atoms with Gasteiger partial charge in [0.05, 0.1) is 5.57 Å². The molecule has 3 heteroatoms. The second-order valence-electron chi connectivity index (χ2n) is 2.84. The molecule has 0 N–H and O–H groups in total. The summed E-state index contributed by atoms with van der Waals surface area (Å²) in [5.74, 6) is -1.38. The Morgan fingerprint density at radius 2 is 1.93 bits per heavy atom. The molecule has 14 heavy (non-hydrogen) atoms. The van der Waals surface area contributed by atoms with Crippen LogP contribution >= 0.6 is 0 Å². The molecule has 0 aliphatic carbocycles. The molecule has 0 heterocycles. The van der Waals surface area contributed by atoms with Crippen molar-refractivity contribution in [2.45, 2.75) is 27.2 Å². The molecule has 0 fully saturated rings. The lowest BCUT2D eigenvalue weighted by Crippen LogP contribution is -2.13. The van der Waals surface area contributed by atoms with Gasteiger partial charge in [0.2, 0.25) is 0 Å². The van der Waals surface area contributed by atoms with Gasteiger partial charge in [-0.2, -0.15) is 0 Å². The molecule has 0 aromatic heterocycles. The number of ether oxygens (including phenoxy) is 1. The van der Waals surface area contributed by atoms with Gasteiger partial charge >= 0.3 is 11.9 Å². The number of carbonyl (C=O) groups is 2. The van der Waals surface area contributed by atoms with E-state index in [0.717, 1.165) is 6.42 Å². The fraction of sp³-hybridized carbons (Fsp3) is 0.364. The third-order valence-electron chi connectivity index (χ3n) is 1.36. The highest BCUT2D eigenvalue weighted by Gasteiger charge is 2.11. The first kappa shape index (κ1) is 12.4. The average molecular weight is 194 g/mol. The predicted molar refractivity (Wildman–Crippen MR) is 53.5 cm³/mol. The monoisotopic (exact) mass is 194 g/mol. The van der Waals surface area contributed by atoms with Gasteiger partial charge in [0.25, 0.3) is 0 Å². The molecular weight excluding hydrogens is 180 g/mol. The molecule has 0 rings (SSSR count).